The van der Waals surface area contributed by atoms with Gasteiger partial charge < -0.3 is 10.2 Å². The maximum Gasteiger partial charge on any atom is 0.217 e. The minimum atomic E-state index is -0.952. The zero-order valence-corrected chi connectivity index (χ0v) is 9.79. The van der Waals surface area contributed by atoms with Gasteiger partial charge in [0.1, 0.15) is 11.4 Å². The molecule has 3 nitrogen and oxygen atoms in total. The third kappa shape index (κ3) is 2.08. The summed E-state index contributed by atoms with van der Waals surface area (Å²) in [5.41, 5.74) is 5.40. The van der Waals surface area contributed by atoms with Gasteiger partial charge in [0.2, 0.25) is 5.78 Å². The van der Waals surface area contributed by atoms with Crippen molar-refractivity contribution in [3.05, 3.63) is 35.8 Å². The number of furan rings is 1. The van der Waals surface area contributed by atoms with Crippen LogP contribution in [0.4, 0.5) is 4.39 Å². The molecule has 0 aliphatic carbocycles. The van der Waals surface area contributed by atoms with Crippen LogP contribution in [0.25, 0.3) is 11.0 Å². The number of fused-ring (bicyclic) bond motifs is 1. The summed E-state index contributed by atoms with van der Waals surface area (Å²) in [7, 11) is 0. The van der Waals surface area contributed by atoms with Crippen LogP contribution in [0.2, 0.25) is 0 Å². The van der Waals surface area contributed by atoms with E-state index < -0.39 is 5.54 Å². The van der Waals surface area contributed by atoms with E-state index in [0.29, 0.717) is 17.4 Å². The zero-order valence-electron chi connectivity index (χ0n) is 9.79. The number of hydrogen-bond donors (Lipinski definition) is 1. The van der Waals surface area contributed by atoms with Crippen LogP contribution in [0.5, 0.6) is 0 Å². The van der Waals surface area contributed by atoms with E-state index in [4.69, 9.17) is 10.2 Å². The first-order chi connectivity index (χ1) is 7.94. The van der Waals surface area contributed by atoms with Crippen molar-refractivity contribution in [1.82, 2.24) is 0 Å². The molecule has 0 radical (unpaired) electrons. The van der Waals surface area contributed by atoms with E-state index in [1.165, 1.54) is 24.3 Å². The molecule has 90 valence electrons. The second-order valence-electron chi connectivity index (χ2n) is 4.39. The number of carbonyl (C=O) groups excluding carboxylic acids is 1. The van der Waals surface area contributed by atoms with Crippen LogP contribution in [0.1, 0.15) is 30.8 Å². The zero-order chi connectivity index (χ0) is 12.6. The molecule has 0 spiro atoms. The average molecular weight is 235 g/mol. The van der Waals surface area contributed by atoms with Crippen LogP contribution >= 0.6 is 0 Å². The van der Waals surface area contributed by atoms with Gasteiger partial charge in [0.05, 0.1) is 5.54 Å². The van der Waals surface area contributed by atoms with Gasteiger partial charge in [-0.1, -0.05) is 6.92 Å². The lowest BCUT2D eigenvalue weighted by Crippen LogP contribution is -2.44. The van der Waals surface area contributed by atoms with Crippen LogP contribution in [0, 0.1) is 5.82 Å². The summed E-state index contributed by atoms with van der Waals surface area (Å²) in [6, 6.07) is 5.65. The maximum absolute atomic E-state index is 13.0. The lowest BCUT2D eigenvalue weighted by Gasteiger charge is -2.18. The Morgan fingerprint density at radius 2 is 2.18 bits per heavy atom. The van der Waals surface area contributed by atoms with Gasteiger partial charge in [0.15, 0.2) is 5.76 Å². The molecule has 0 aliphatic heterocycles. The Morgan fingerprint density at radius 3 is 2.82 bits per heavy atom. The fourth-order valence-electron chi connectivity index (χ4n) is 1.57. The number of ketones is 1. The molecule has 2 rings (SSSR count). The number of halogens is 1. The molecule has 0 amide bonds. The summed E-state index contributed by atoms with van der Waals surface area (Å²) < 4.78 is 18.4. The van der Waals surface area contributed by atoms with Gasteiger partial charge in [0.25, 0.3) is 0 Å². The first-order valence-corrected chi connectivity index (χ1v) is 5.47. The average Bonchev–Trinajstić information content (AvgIpc) is 2.70. The molecule has 0 aliphatic rings. The lowest BCUT2D eigenvalue weighted by molar-refractivity contribution is 0.0871. The molecule has 2 N–H and O–H groups in total. The van der Waals surface area contributed by atoms with Gasteiger partial charge in [-0.2, -0.15) is 0 Å². The summed E-state index contributed by atoms with van der Waals surface area (Å²) >= 11 is 0. The Morgan fingerprint density at radius 1 is 1.47 bits per heavy atom. The van der Waals surface area contributed by atoms with Crippen molar-refractivity contribution >= 4 is 16.8 Å². The van der Waals surface area contributed by atoms with Gasteiger partial charge in [-0.05, 0) is 37.6 Å². The van der Waals surface area contributed by atoms with Crippen molar-refractivity contribution < 1.29 is 13.6 Å². The minimum Gasteiger partial charge on any atom is -0.453 e. The van der Waals surface area contributed by atoms with Crippen molar-refractivity contribution in [3.8, 4) is 0 Å². The van der Waals surface area contributed by atoms with Crippen molar-refractivity contribution in [2.24, 2.45) is 5.73 Å². The van der Waals surface area contributed by atoms with Crippen molar-refractivity contribution in [2.75, 3.05) is 0 Å². The Kier molecular flexibility index (Phi) is 2.75. The van der Waals surface area contributed by atoms with E-state index in [0.717, 1.165) is 0 Å². The number of rotatable bonds is 3. The summed E-state index contributed by atoms with van der Waals surface area (Å²) in [6.07, 6.45) is 0.511. The van der Waals surface area contributed by atoms with Gasteiger partial charge in [-0.15, -0.1) is 0 Å². The second-order valence-corrected chi connectivity index (χ2v) is 4.39. The quantitative estimate of drug-likeness (QED) is 0.832. The predicted octanol–water partition coefficient (Wildman–Crippen LogP) is 2.88. The molecular weight excluding hydrogens is 221 g/mol. The molecule has 17 heavy (non-hydrogen) atoms. The number of hydrogen-bond acceptors (Lipinski definition) is 3. The number of carbonyl (C=O) groups is 1. The molecular formula is C13H14FNO2. The molecule has 1 atom stereocenters. The van der Waals surface area contributed by atoms with Crippen molar-refractivity contribution in [1.29, 1.82) is 0 Å². The molecule has 0 fully saturated rings. The maximum atomic E-state index is 13.0. The van der Waals surface area contributed by atoms with Crippen molar-refractivity contribution in [3.63, 3.8) is 0 Å². The van der Waals surface area contributed by atoms with E-state index in [2.05, 4.69) is 0 Å². The highest BCUT2D eigenvalue weighted by Crippen LogP contribution is 2.23. The van der Waals surface area contributed by atoms with E-state index >= 15 is 0 Å². The Bertz CT molecular complexity index is 572. The third-order valence-corrected chi connectivity index (χ3v) is 2.96. The molecule has 0 saturated carbocycles. The number of nitrogens with two attached hydrogens (primary N) is 1. The number of benzene rings is 1. The molecule has 1 heterocycles. The monoisotopic (exact) mass is 235 g/mol. The first kappa shape index (κ1) is 11.8. The number of Topliss-reactive ketones (excluding diaryl/α,β-unsaturated/α-hetero) is 1. The summed E-state index contributed by atoms with van der Waals surface area (Å²) in [5, 5.41) is 0.570. The predicted molar refractivity (Wildman–Crippen MR) is 63.4 cm³/mol. The normalized spacial score (nSPS) is 14.8. The van der Waals surface area contributed by atoms with Crippen LogP contribution in [-0.2, 0) is 0 Å². The van der Waals surface area contributed by atoms with E-state index in [9.17, 15) is 9.18 Å². The van der Waals surface area contributed by atoms with Crippen LogP contribution in [0.15, 0.2) is 28.7 Å². The fourth-order valence-corrected chi connectivity index (χ4v) is 1.57. The lowest BCUT2D eigenvalue weighted by atomic mass is 9.93. The van der Waals surface area contributed by atoms with Gasteiger partial charge in [-0.25, -0.2) is 4.39 Å². The van der Waals surface area contributed by atoms with Gasteiger partial charge in [-0.3, -0.25) is 4.79 Å². The van der Waals surface area contributed by atoms with Crippen LogP contribution in [-0.4, -0.2) is 11.3 Å². The molecule has 1 aromatic carbocycles. The second kappa shape index (κ2) is 3.96. The van der Waals surface area contributed by atoms with E-state index in [1.54, 1.807) is 6.92 Å². The largest absolute Gasteiger partial charge is 0.453 e. The van der Waals surface area contributed by atoms with Crippen LogP contribution in [0.3, 0.4) is 0 Å². The highest BCUT2D eigenvalue weighted by Gasteiger charge is 2.29. The highest BCUT2D eigenvalue weighted by molar-refractivity contribution is 6.03. The fraction of sp³-hybridized carbons (Fsp3) is 0.308. The summed E-state index contributed by atoms with van der Waals surface area (Å²) in [5.74, 6) is -0.447. The van der Waals surface area contributed by atoms with E-state index in [1.807, 2.05) is 6.92 Å². The molecule has 1 unspecified atom stereocenters. The molecule has 0 bridgehead atoms. The van der Waals surface area contributed by atoms with Crippen LogP contribution < -0.4 is 5.73 Å². The SMILES string of the molecule is CCC(C)(N)C(=O)c1cc2cc(F)ccc2o1. The molecule has 0 saturated heterocycles. The Balaban J connectivity index is 2.47. The third-order valence-electron chi connectivity index (χ3n) is 2.96. The molecule has 4 heteroatoms. The smallest absolute Gasteiger partial charge is 0.217 e. The highest BCUT2D eigenvalue weighted by atomic mass is 19.1. The minimum absolute atomic E-state index is 0.178. The Labute approximate surface area is 98.4 Å². The summed E-state index contributed by atoms with van der Waals surface area (Å²) in [4.78, 5) is 12.0. The molecule has 2 aromatic rings. The topological polar surface area (TPSA) is 56.2 Å². The van der Waals surface area contributed by atoms with E-state index in [-0.39, 0.29) is 17.4 Å². The Hall–Kier alpha value is -1.68. The molecule has 1 aromatic heterocycles. The van der Waals surface area contributed by atoms with Crippen molar-refractivity contribution in [2.45, 2.75) is 25.8 Å². The van der Waals surface area contributed by atoms with Gasteiger partial charge >= 0.3 is 0 Å². The van der Waals surface area contributed by atoms with Gasteiger partial charge in [0, 0.05) is 5.39 Å². The standard InChI is InChI=1S/C13H14FNO2/c1-3-13(2,15)12(16)11-7-8-6-9(14)4-5-10(8)17-11/h4-7H,3,15H2,1-2H3. The summed E-state index contributed by atoms with van der Waals surface area (Å²) in [6.45, 7) is 3.49. The first-order valence-electron chi connectivity index (χ1n) is 5.47.